The summed E-state index contributed by atoms with van der Waals surface area (Å²) >= 11 is 0. The number of piperidine rings is 2. The summed E-state index contributed by atoms with van der Waals surface area (Å²) in [6, 6.07) is 10.7. The lowest BCUT2D eigenvalue weighted by Crippen LogP contribution is -2.64. The lowest BCUT2D eigenvalue weighted by atomic mass is 9.40. The van der Waals surface area contributed by atoms with E-state index in [-0.39, 0.29) is 22.9 Å². The van der Waals surface area contributed by atoms with Crippen molar-refractivity contribution in [3.05, 3.63) is 48.0 Å². The molecular weight excluding hydrogens is 386 g/mol. The molecule has 4 nitrogen and oxygen atoms in total. The van der Waals surface area contributed by atoms with Crippen molar-refractivity contribution in [3.8, 4) is 0 Å². The van der Waals surface area contributed by atoms with Gasteiger partial charge in [0.15, 0.2) is 0 Å². The van der Waals surface area contributed by atoms with Crippen LogP contribution in [0, 0.1) is 39.9 Å². The Morgan fingerprint density at radius 1 is 1.23 bits per heavy atom. The molecule has 3 heterocycles. The van der Waals surface area contributed by atoms with Crippen molar-refractivity contribution in [2.75, 3.05) is 13.2 Å². The molecule has 1 aromatic carbocycles. The monoisotopic (exact) mass is 417 g/mol. The van der Waals surface area contributed by atoms with E-state index in [9.17, 15) is 9.90 Å². The second-order valence-electron chi connectivity index (χ2n) is 12.1. The average molecular weight is 418 g/mol. The van der Waals surface area contributed by atoms with Crippen LogP contribution < -0.4 is 0 Å². The third-order valence-electron chi connectivity index (χ3n) is 11.5. The van der Waals surface area contributed by atoms with Crippen molar-refractivity contribution in [3.63, 3.8) is 0 Å². The molecule has 1 aromatic rings. The van der Waals surface area contributed by atoms with Gasteiger partial charge in [-0.1, -0.05) is 36.8 Å². The van der Waals surface area contributed by atoms with E-state index in [1.54, 1.807) is 0 Å². The quantitative estimate of drug-likeness (QED) is 0.602. The zero-order chi connectivity index (χ0) is 20.8. The maximum atomic E-state index is 12.8. The fourth-order valence-electron chi connectivity index (χ4n) is 11.3. The van der Waals surface area contributed by atoms with E-state index < -0.39 is 0 Å². The van der Waals surface area contributed by atoms with E-state index in [0.29, 0.717) is 47.4 Å². The van der Waals surface area contributed by atoms with Crippen LogP contribution in [0.15, 0.2) is 42.5 Å². The molecule has 3 saturated heterocycles. The summed E-state index contributed by atoms with van der Waals surface area (Å²) in [6.45, 7) is 6.06. The maximum Gasteiger partial charge on any atom is 0.338 e. The SMILES string of the molecule is C=C1C[C@]23C[C@H]4[C@@H]5[C@@]6(COC(=O)c7ccccc7)CCC[C@]57C(C2C[C@H]1[C@H](O)[C@H]37)N4C6. The highest BCUT2D eigenvalue weighted by Gasteiger charge is 2.88. The number of ether oxygens (including phenoxy) is 1. The van der Waals surface area contributed by atoms with Crippen LogP contribution in [0.1, 0.15) is 48.9 Å². The number of benzene rings is 1. The Kier molecular flexibility index (Phi) is 3.04. The Bertz CT molecular complexity index is 1020. The Hall–Kier alpha value is -1.65. The summed E-state index contributed by atoms with van der Waals surface area (Å²) in [5.74, 6) is 1.91. The molecule has 3 unspecified atom stereocenters. The van der Waals surface area contributed by atoms with Crippen molar-refractivity contribution in [1.29, 1.82) is 0 Å². The van der Waals surface area contributed by atoms with Gasteiger partial charge in [0.25, 0.3) is 0 Å². The molecule has 4 heteroatoms. The van der Waals surface area contributed by atoms with Crippen LogP contribution >= 0.6 is 0 Å². The molecule has 6 saturated carbocycles. The van der Waals surface area contributed by atoms with Gasteiger partial charge in [-0.25, -0.2) is 4.79 Å². The van der Waals surface area contributed by atoms with Gasteiger partial charge in [0.2, 0.25) is 0 Å². The van der Waals surface area contributed by atoms with Gasteiger partial charge in [0.1, 0.15) is 0 Å². The van der Waals surface area contributed by atoms with Gasteiger partial charge in [-0.3, -0.25) is 4.90 Å². The van der Waals surface area contributed by atoms with E-state index in [1.165, 1.54) is 24.8 Å². The van der Waals surface area contributed by atoms with E-state index >= 15 is 0 Å². The number of carbonyl (C=O) groups is 1. The molecule has 2 spiro atoms. The molecule has 11 atom stereocenters. The number of hydrogen-bond donors (Lipinski definition) is 1. The van der Waals surface area contributed by atoms with Crippen LogP contribution in [-0.2, 0) is 4.74 Å². The van der Waals surface area contributed by atoms with Gasteiger partial charge in [-0.2, -0.15) is 0 Å². The fraction of sp³-hybridized carbons (Fsp3) is 0.667. The van der Waals surface area contributed by atoms with Crippen molar-refractivity contribution in [2.45, 2.75) is 56.7 Å². The molecule has 0 amide bonds. The predicted octanol–water partition coefficient (Wildman–Crippen LogP) is 3.66. The van der Waals surface area contributed by atoms with Gasteiger partial charge in [0.05, 0.1) is 18.3 Å². The molecule has 0 radical (unpaired) electrons. The van der Waals surface area contributed by atoms with Crippen LogP contribution in [-0.4, -0.2) is 47.3 Å². The maximum absolute atomic E-state index is 12.8. The summed E-state index contributed by atoms with van der Waals surface area (Å²) in [5.41, 5.74) is 2.62. The third kappa shape index (κ3) is 1.71. The third-order valence-corrected chi connectivity index (χ3v) is 11.5. The lowest BCUT2D eigenvalue weighted by molar-refractivity contribution is -0.180. The molecule has 1 N–H and O–H groups in total. The number of aliphatic hydroxyl groups excluding tert-OH is 1. The van der Waals surface area contributed by atoms with Crippen LogP contribution in [0.4, 0.5) is 0 Å². The second kappa shape index (κ2) is 5.28. The topological polar surface area (TPSA) is 49.8 Å². The van der Waals surface area contributed by atoms with Gasteiger partial charge in [-0.15, -0.1) is 0 Å². The van der Waals surface area contributed by atoms with Crippen molar-refractivity contribution >= 4 is 5.97 Å². The number of aliphatic hydroxyl groups is 1. The highest BCUT2D eigenvalue weighted by Crippen LogP contribution is 2.87. The van der Waals surface area contributed by atoms with Crippen LogP contribution in [0.2, 0.25) is 0 Å². The summed E-state index contributed by atoms with van der Waals surface area (Å²) < 4.78 is 6.03. The number of esters is 1. The van der Waals surface area contributed by atoms with Gasteiger partial charge in [0, 0.05) is 30.0 Å². The Balaban J connectivity index is 1.18. The number of fused-ring (bicyclic) bond motifs is 1. The van der Waals surface area contributed by atoms with E-state index in [2.05, 4.69) is 11.5 Å². The molecule has 162 valence electrons. The average Bonchev–Trinajstić information content (AvgIpc) is 3.22. The summed E-state index contributed by atoms with van der Waals surface area (Å²) in [6.07, 6.45) is 7.01. The first-order chi connectivity index (χ1) is 15.0. The summed E-state index contributed by atoms with van der Waals surface area (Å²) in [4.78, 5) is 15.6. The second-order valence-corrected chi connectivity index (χ2v) is 12.1. The highest BCUT2D eigenvalue weighted by atomic mass is 16.5. The van der Waals surface area contributed by atoms with Gasteiger partial charge >= 0.3 is 5.97 Å². The van der Waals surface area contributed by atoms with Gasteiger partial charge < -0.3 is 9.84 Å². The highest BCUT2D eigenvalue weighted by molar-refractivity contribution is 5.89. The molecule has 9 aliphatic rings. The molecule has 31 heavy (non-hydrogen) atoms. The standard InChI is InChI=1S/C27H31NO3/c1-15-11-26-12-19-21-25(14-31-24(30)16-6-3-2-4-7-16)8-5-9-27(21)22(26)20(29)17(15)10-18(26)23(27)28(19)13-25/h2-4,6-7,17-23,29H,1,5,8-14H2/t17-,18?,19+,20+,21-,22-,23?,25+,26+,27+/m1/s1. The van der Waals surface area contributed by atoms with E-state index in [0.717, 1.165) is 31.7 Å². The molecule has 9 fully saturated rings. The molecule has 3 aliphatic heterocycles. The predicted molar refractivity (Wildman–Crippen MR) is 115 cm³/mol. The van der Waals surface area contributed by atoms with Crippen molar-refractivity contribution in [2.24, 2.45) is 39.9 Å². The van der Waals surface area contributed by atoms with E-state index in [4.69, 9.17) is 4.74 Å². The Labute approximate surface area is 183 Å². The number of carbonyl (C=O) groups excluding carboxylic acids is 1. The normalized spacial score (nSPS) is 56.4. The molecular formula is C27H31NO3. The summed E-state index contributed by atoms with van der Waals surface area (Å²) in [5, 5.41) is 11.6. The minimum absolute atomic E-state index is 0.0823. The minimum Gasteiger partial charge on any atom is -0.461 e. The number of hydrogen-bond acceptors (Lipinski definition) is 4. The smallest absolute Gasteiger partial charge is 0.338 e. The first-order valence-electron chi connectivity index (χ1n) is 12.4. The van der Waals surface area contributed by atoms with E-state index in [1.807, 2.05) is 30.3 Å². The summed E-state index contributed by atoms with van der Waals surface area (Å²) in [7, 11) is 0. The first-order valence-corrected chi connectivity index (χ1v) is 12.4. The molecule has 9 bridgehead atoms. The van der Waals surface area contributed by atoms with Crippen LogP contribution in [0.25, 0.3) is 0 Å². The zero-order valence-corrected chi connectivity index (χ0v) is 18.0. The number of rotatable bonds is 3. The first kappa shape index (κ1) is 17.9. The van der Waals surface area contributed by atoms with Crippen molar-refractivity contribution < 1.29 is 14.6 Å². The van der Waals surface area contributed by atoms with Crippen LogP contribution in [0.3, 0.4) is 0 Å². The Morgan fingerprint density at radius 3 is 2.90 bits per heavy atom. The number of nitrogens with zero attached hydrogens (tertiary/aromatic N) is 1. The minimum atomic E-state index is -0.202. The van der Waals surface area contributed by atoms with Crippen molar-refractivity contribution in [1.82, 2.24) is 4.90 Å². The fourth-order valence-corrected chi connectivity index (χ4v) is 11.3. The Morgan fingerprint density at radius 2 is 2.06 bits per heavy atom. The molecule has 10 rings (SSSR count). The lowest BCUT2D eigenvalue weighted by Gasteiger charge is -2.64. The zero-order valence-electron chi connectivity index (χ0n) is 18.0. The molecule has 0 aromatic heterocycles. The van der Waals surface area contributed by atoms with Gasteiger partial charge in [-0.05, 0) is 72.8 Å². The molecule has 6 aliphatic carbocycles. The van der Waals surface area contributed by atoms with Crippen LogP contribution in [0.5, 0.6) is 0 Å². The largest absolute Gasteiger partial charge is 0.461 e.